The van der Waals surface area contributed by atoms with Crippen LogP contribution in [0.2, 0.25) is 0 Å². The summed E-state index contributed by atoms with van der Waals surface area (Å²) in [5.74, 6) is 1.79. The average Bonchev–Trinajstić information content (AvgIpc) is 3.08. The van der Waals surface area contributed by atoms with Crippen molar-refractivity contribution in [1.29, 1.82) is 0 Å². The molecule has 3 rings (SSSR count). The van der Waals surface area contributed by atoms with E-state index in [-0.39, 0.29) is 6.61 Å². The maximum Gasteiger partial charge on any atom is 0.122 e. The number of hydrogen-bond acceptors (Lipinski definition) is 4. The van der Waals surface area contributed by atoms with Gasteiger partial charge in [0.05, 0.1) is 13.7 Å². The summed E-state index contributed by atoms with van der Waals surface area (Å²) < 4.78 is 6.55. The molecular weight excluding hydrogens is 398 g/mol. The van der Waals surface area contributed by atoms with E-state index in [1.165, 1.54) is 22.4 Å². The van der Waals surface area contributed by atoms with Crippen LogP contribution in [0.15, 0.2) is 51.8 Å². The molecule has 3 nitrogen and oxygen atoms in total. The Bertz CT molecular complexity index is 710. The minimum atomic E-state index is 0.255. The first-order valence-electron chi connectivity index (χ1n) is 8.59. The summed E-state index contributed by atoms with van der Waals surface area (Å²) in [6.45, 7) is 2.23. The summed E-state index contributed by atoms with van der Waals surface area (Å²) >= 11 is 5.38. The second-order valence-corrected chi connectivity index (χ2v) is 8.23. The number of thioether (sulfide) groups is 1. The number of methoxy groups -OCH3 is 1. The Morgan fingerprint density at radius 1 is 1.24 bits per heavy atom. The Morgan fingerprint density at radius 2 is 2.08 bits per heavy atom. The molecule has 1 heterocycles. The van der Waals surface area contributed by atoms with E-state index >= 15 is 0 Å². The van der Waals surface area contributed by atoms with E-state index in [0.717, 1.165) is 35.5 Å². The molecule has 134 valence electrons. The van der Waals surface area contributed by atoms with Crippen molar-refractivity contribution in [2.24, 2.45) is 0 Å². The fourth-order valence-electron chi connectivity index (χ4n) is 3.32. The van der Waals surface area contributed by atoms with Gasteiger partial charge in [-0.2, -0.15) is 0 Å². The second-order valence-electron chi connectivity index (χ2n) is 6.30. The monoisotopic (exact) mass is 421 g/mol. The van der Waals surface area contributed by atoms with Gasteiger partial charge in [-0.05, 0) is 49.2 Å². The smallest absolute Gasteiger partial charge is 0.122 e. The summed E-state index contributed by atoms with van der Waals surface area (Å²) in [6, 6.07) is 15.0. The second kappa shape index (κ2) is 9.08. The fourth-order valence-corrected chi connectivity index (χ4v) is 4.76. The number of aliphatic hydroxyl groups excluding tert-OH is 1. The number of nitrogens with zero attached hydrogens (tertiary/aromatic N) is 1. The predicted octanol–water partition coefficient (Wildman–Crippen LogP) is 4.71. The third kappa shape index (κ3) is 4.79. The molecule has 25 heavy (non-hydrogen) atoms. The van der Waals surface area contributed by atoms with Gasteiger partial charge in [0.25, 0.3) is 0 Å². The zero-order valence-corrected chi connectivity index (χ0v) is 16.9. The molecule has 1 atom stereocenters. The molecule has 1 aliphatic rings. The molecule has 0 spiro atoms. The number of hydrogen-bond donors (Lipinski definition) is 1. The van der Waals surface area contributed by atoms with Gasteiger partial charge in [0.15, 0.2) is 0 Å². The van der Waals surface area contributed by atoms with Gasteiger partial charge in [-0.1, -0.05) is 34.1 Å². The summed E-state index contributed by atoms with van der Waals surface area (Å²) in [5, 5.41) is 9.55. The van der Waals surface area contributed by atoms with E-state index in [1.807, 2.05) is 23.9 Å². The number of halogens is 1. The summed E-state index contributed by atoms with van der Waals surface area (Å²) in [7, 11) is 1.72. The highest BCUT2D eigenvalue weighted by Gasteiger charge is 2.24. The first-order valence-corrected chi connectivity index (χ1v) is 10.4. The highest BCUT2D eigenvalue weighted by molar-refractivity contribution is 9.10. The lowest BCUT2D eigenvalue weighted by molar-refractivity contribution is 0.153. The standard InChI is InChI=1S/C20H24BrNO2S/c1-24-19-9-8-17(21)11-16(19)14-25-20-7-3-2-5-15(20)12-22-10-4-6-18(22)13-23/h2-3,5,7-9,11,18,23H,4,6,10,12-14H2,1H3/t18-/m0/s1. The van der Waals surface area contributed by atoms with Crippen molar-refractivity contribution >= 4 is 27.7 Å². The average molecular weight is 422 g/mol. The first-order chi connectivity index (χ1) is 12.2. The zero-order valence-electron chi connectivity index (χ0n) is 14.5. The maximum atomic E-state index is 9.55. The molecule has 0 saturated carbocycles. The molecule has 5 heteroatoms. The molecule has 1 fully saturated rings. The molecule has 2 aromatic carbocycles. The van der Waals surface area contributed by atoms with E-state index in [9.17, 15) is 5.11 Å². The maximum absolute atomic E-state index is 9.55. The Morgan fingerprint density at radius 3 is 2.88 bits per heavy atom. The molecule has 0 unspecified atom stereocenters. The van der Waals surface area contributed by atoms with Gasteiger partial charge in [-0.15, -0.1) is 11.8 Å². The number of benzene rings is 2. The van der Waals surface area contributed by atoms with Gasteiger partial charge in [0.2, 0.25) is 0 Å². The Labute approximate surface area is 162 Å². The van der Waals surface area contributed by atoms with Crippen molar-refractivity contribution in [3.05, 3.63) is 58.1 Å². The number of aliphatic hydroxyl groups is 1. The van der Waals surface area contributed by atoms with E-state index in [4.69, 9.17) is 4.74 Å². The molecule has 1 aliphatic heterocycles. The Hall–Kier alpha value is -1.01. The topological polar surface area (TPSA) is 32.7 Å². The summed E-state index contributed by atoms with van der Waals surface area (Å²) in [4.78, 5) is 3.70. The van der Waals surface area contributed by atoms with Crippen LogP contribution < -0.4 is 4.74 Å². The van der Waals surface area contributed by atoms with Crippen LogP contribution in [0.5, 0.6) is 5.75 Å². The number of ether oxygens (including phenoxy) is 1. The highest BCUT2D eigenvalue weighted by atomic mass is 79.9. The highest BCUT2D eigenvalue weighted by Crippen LogP contribution is 2.33. The minimum Gasteiger partial charge on any atom is -0.496 e. The lowest BCUT2D eigenvalue weighted by Gasteiger charge is -2.23. The molecule has 0 amide bonds. The molecule has 0 bridgehead atoms. The Kier molecular flexibility index (Phi) is 6.82. The van der Waals surface area contributed by atoms with Crippen molar-refractivity contribution in [3.8, 4) is 5.75 Å². The molecule has 1 saturated heterocycles. The van der Waals surface area contributed by atoms with Gasteiger partial charge in [0, 0.05) is 33.3 Å². The van der Waals surface area contributed by atoms with Crippen molar-refractivity contribution in [2.75, 3.05) is 20.3 Å². The van der Waals surface area contributed by atoms with Crippen LogP contribution in [0, 0.1) is 0 Å². The van der Waals surface area contributed by atoms with Gasteiger partial charge in [-0.3, -0.25) is 4.90 Å². The van der Waals surface area contributed by atoms with Crippen LogP contribution >= 0.6 is 27.7 Å². The first kappa shape index (κ1) is 18.8. The molecule has 2 aromatic rings. The van der Waals surface area contributed by atoms with Crippen LogP contribution in [-0.2, 0) is 12.3 Å². The van der Waals surface area contributed by atoms with Crippen molar-refractivity contribution in [2.45, 2.75) is 36.1 Å². The van der Waals surface area contributed by atoms with Gasteiger partial charge in [0.1, 0.15) is 5.75 Å². The quantitative estimate of drug-likeness (QED) is 0.656. The normalized spacial score (nSPS) is 17.8. The molecule has 1 N–H and O–H groups in total. The molecule has 0 aliphatic carbocycles. The van der Waals surface area contributed by atoms with Crippen molar-refractivity contribution < 1.29 is 9.84 Å². The van der Waals surface area contributed by atoms with Gasteiger partial charge >= 0.3 is 0 Å². The van der Waals surface area contributed by atoms with Crippen LogP contribution in [0.25, 0.3) is 0 Å². The molecule has 0 radical (unpaired) electrons. The van der Waals surface area contributed by atoms with E-state index in [0.29, 0.717) is 6.04 Å². The lowest BCUT2D eigenvalue weighted by atomic mass is 10.2. The Balaban J connectivity index is 1.72. The summed E-state index contributed by atoms with van der Waals surface area (Å²) in [6.07, 6.45) is 2.27. The van der Waals surface area contributed by atoms with E-state index < -0.39 is 0 Å². The largest absolute Gasteiger partial charge is 0.496 e. The lowest BCUT2D eigenvalue weighted by Crippen LogP contribution is -2.31. The number of rotatable bonds is 7. The summed E-state index contributed by atoms with van der Waals surface area (Å²) in [5.41, 5.74) is 2.52. The van der Waals surface area contributed by atoms with Gasteiger partial charge in [-0.25, -0.2) is 0 Å². The minimum absolute atomic E-state index is 0.255. The fraction of sp³-hybridized carbons (Fsp3) is 0.400. The van der Waals surface area contributed by atoms with Gasteiger partial charge < -0.3 is 9.84 Å². The third-order valence-corrected chi connectivity index (χ3v) is 6.34. The van der Waals surface area contributed by atoms with Crippen LogP contribution in [0.1, 0.15) is 24.0 Å². The van der Waals surface area contributed by atoms with Crippen LogP contribution in [-0.4, -0.2) is 36.3 Å². The van der Waals surface area contributed by atoms with E-state index in [1.54, 1.807) is 7.11 Å². The zero-order chi connectivity index (χ0) is 17.6. The molecule has 0 aromatic heterocycles. The van der Waals surface area contributed by atoms with Crippen LogP contribution in [0.4, 0.5) is 0 Å². The van der Waals surface area contributed by atoms with Crippen molar-refractivity contribution in [1.82, 2.24) is 4.90 Å². The van der Waals surface area contributed by atoms with Crippen molar-refractivity contribution in [3.63, 3.8) is 0 Å². The predicted molar refractivity (Wildman–Crippen MR) is 107 cm³/mol. The molecular formula is C20H24BrNO2S. The van der Waals surface area contributed by atoms with E-state index in [2.05, 4.69) is 51.2 Å². The number of likely N-dealkylation sites (tertiary alicyclic amines) is 1. The third-order valence-electron chi connectivity index (χ3n) is 4.68. The SMILES string of the molecule is COc1ccc(Br)cc1CSc1ccccc1CN1CCC[C@H]1CO. The van der Waals surface area contributed by atoms with Crippen LogP contribution in [0.3, 0.4) is 0 Å².